The third-order valence-corrected chi connectivity index (χ3v) is 4.94. The van der Waals surface area contributed by atoms with Crippen LogP contribution in [0.5, 0.6) is 0 Å². The fourth-order valence-corrected chi connectivity index (χ4v) is 3.68. The van der Waals surface area contributed by atoms with Gasteiger partial charge in [-0.05, 0) is 12.8 Å². The van der Waals surface area contributed by atoms with Crippen LogP contribution in [0.4, 0.5) is 0 Å². The Balaban J connectivity index is 1.86. The zero-order chi connectivity index (χ0) is 16.4. The molecule has 1 atom stereocenters. The third-order valence-electron chi connectivity index (χ3n) is 4.35. The van der Waals surface area contributed by atoms with Crippen LogP contribution in [0.1, 0.15) is 46.3 Å². The summed E-state index contributed by atoms with van der Waals surface area (Å²) in [6.07, 6.45) is 3.30. The highest BCUT2D eigenvalue weighted by molar-refractivity contribution is 7.07. The van der Waals surface area contributed by atoms with Gasteiger partial charge in [-0.2, -0.15) is 5.10 Å². The van der Waals surface area contributed by atoms with E-state index in [1.807, 2.05) is 4.90 Å². The van der Waals surface area contributed by atoms with Crippen molar-refractivity contribution in [2.24, 2.45) is 0 Å². The predicted molar refractivity (Wildman–Crippen MR) is 86.6 cm³/mol. The molecule has 2 aromatic heterocycles. The Hall–Kier alpha value is -2.22. The molecule has 7 nitrogen and oxygen atoms in total. The van der Waals surface area contributed by atoms with Gasteiger partial charge in [0.15, 0.2) is 0 Å². The Morgan fingerprint density at radius 3 is 3.00 bits per heavy atom. The molecular weight excluding hydrogens is 314 g/mol. The Kier molecular flexibility index (Phi) is 4.16. The monoisotopic (exact) mass is 333 g/mol. The van der Waals surface area contributed by atoms with Gasteiger partial charge >= 0.3 is 0 Å². The molecule has 122 valence electrons. The zero-order valence-corrected chi connectivity index (χ0v) is 13.9. The first kappa shape index (κ1) is 15.7. The van der Waals surface area contributed by atoms with Crippen molar-refractivity contribution in [2.45, 2.75) is 25.2 Å². The van der Waals surface area contributed by atoms with Crippen molar-refractivity contribution in [1.82, 2.24) is 25.4 Å². The molecule has 0 bridgehead atoms. The molecule has 0 saturated carbocycles. The number of aromatic amines is 1. The summed E-state index contributed by atoms with van der Waals surface area (Å²) >= 11 is 1.41. The maximum atomic E-state index is 12.6. The highest BCUT2D eigenvalue weighted by atomic mass is 32.1. The van der Waals surface area contributed by atoms with E-state index in [4.69, 9.17) is 0 Å². The zero-order valence-electron chi connectivity index (χ0n) is 13.1. The second kappa shape index (κ2) is 6.11. The maximum absolute atomic E-state index is 12.6. The molecule has 2 aromatic rings. The highest BCUT2D eigenvalue weighted by Gasteiger charge is 2.38. The number of thiazole rings is 1. The van der Waals surface area contributed by atoms with Crippen LogP contribution in [-0.2, 0) is 5.41 Å². The molecule has 2 N–H and O–H groups in total. The van der Waals surface area contributed by atoms with Crippen LogP contribution in [0.3, 0.4) is 0 Å². The van der Waals surface area contributed by atoms with E-state index in [0.717, 1.165) is 18.5 Å². The summed E-state index contributed by atoms with van der Waals surface area (Å²) in [5, 5.41) is 11.4. The van der Waals surface area contributed by atoms with Crippen molar-refractivity contribution >= 4 is 23.2 Å². The minimum absolute atomic E-state index is 0.0572. The molecule has 3 heterocycles. The number of aromatic nitrogens is 3. The van der Waals surface area contributed by atoms with E-state index in [9.17, 15) is 9.59 Å². The first-order chi connectivity index (χ1) is 11.0. The highest BCUT2D eigenvalue weighted by Crippen LogP contribution is 2.34. The number of carbonyl (C=O) groups is 2. The van der Waals surface area contributed by atoms with Crippen molar-refractivity contribution in [2.75, 3.05) is 20.1 Å². The van der Waals surface area contributed by atoms with Gasteiger partial charge in [0.1, 0.15) is 5.69 Å². The molecule has 0 radical (unpaired) electrons. The number of nitrogens with one attached hydrogen (secondary N) is 2. The van der Waals surface area contributed by atoms with Crippen molar-refractivity contribution in [1.29, 1.82) is 0 Å². The van der Waals surface area contributed by atoms with Crippen molar-refractivity contribution < 1.29 is 9.59 Å². The van der Waals surface area contributed by atoms with Gasteiger partial charge in [0, 0.05) is 30.9 Å². The van der Waals surface area contributed by atoms with Gasteiger partial charge in [0.25, 0.3) is 11.8 Å². The smallest absolute Gasteiger partial charge is 0.273 e. The fraction of sp³-hybridized carbons (Fsp3) is 0.467. The average molecular weight is 333 g/mol. The number of likely N-dealkylation sites (tertiary alicyclic amines) is 1. The molecule has 0 spiro atoms. The van der Waals surface area contributed by atoms with Crippen molar-refractivity contribution in [3.05, 3.63) is 34.0 Å². The van der Waals surface area contributed by atoms with Crippen LogP contribution in [0.25, 0.3) is 0 Å². The van der Waals surface area contributed by atoms with Crippen molar-refractivity contribution in [3.63, 3.8) is 0 Å². The quantitative estimate of drug-likeness (QED) is 0.889. The minimum atomic E-state index is -0.331. The topological polar surface area (TPSA) is 91.0 Å². The Labute approximate surface area is 138 Å². The number of rotatable bonds is 3. The van der Waals surface area contributed by atoms with Gasteiger partial charge in [0.2, 0.25) is 0 Å². The molecule has 1 fully saturated rings. The van der Waals surface area contributed by atoms with Gasteiger partial charge < -0.3 is 10.2 Å². The number of nitrogens with zero attached hydrogens (tertiary/aromatic N) is 3. The van der Waals surface area contributed by atoms with E-state index in [1.54, 1.807) is 24.1 Å². The molecule has 1 aliphatic rings. The summed E-state index contributed by atoms with van der Waals surface area (Å²) in [6, 6.07) is 0. The van der Waals surface area contributed by atoms with E-state index < -0.39 is 0 Å². The number of H-pyrrole nitrogens is 1. The van der Waals surface area contributed by atoms with Crippen molar-refractivity contribution in [3.8, 4) is 0 Å². The number of piperidine rings is 1. The first-order valence-electron chi connectivity index (χ1n) is 7.48. The maximum Gasteiger partial charge on any atom is 0.273 e. The molecule has 0 aromatic carbocycles. The molecule has 1 aliphatic heterocycles. The molecular formula is C15H19N5O2S. The molecule has 3 rings (SSSR count). The van der Waals surface area contributed by atoms with Gasteiger partial charge in [-0.25, -0.2) is 4.98 Å². The van der Waals surface area contributed by atoms with Crippen LogP contribution < -0.4 is 5.32 Å². The summed E-state index contributed by atoms with van der Waals surface area (Å²) < 4.78 is 0. The van der Waals surface area contributed by atoms with Gasteiger partial charge in [-0.1, -0.05) is 6.92 Å². The summed E-state index contributed by atoms with van der Waals surface area (Å²) in [6.45, 7) is 3.30. The Bertz CT molecular complexity index is 711. The molecule has 0 aliphatic carbocycles. The van der Waals surface area contributed by atoms with E-state index in [2.05, 4.69) is 27.4 Å². The number of hydrogen-bond donors (Lipinski definition) is 2. The number of amides is 2. The molecule has 1 saturated heterocycles. The molecule has 1 unspecified atom stereocenters. The van der Waals surface area contributed by atoms with E-state index in [1.165, 1.54) is 11.3 Å². The SMILES string of the molecule is CNC(=O)c1cn[nH]c1C1(C)CCCN(C(=O)c2cscn2)C1. The van der Waals surface area contributed by atoms with Gasteiger partial charge in [0.05, 0.1) is 23.0 Å². The Morgan fingerprint density at radius 2 is 2.30 bits per heavy atom. The Morgan fingerprint density at radius 1 is 1.48 bits per heavy atom. The van der Waals surface area contributed by atoms with Crippen LogP contribution in [0.15, 0.2) is 17.1 Å². The summed E-state index contributed by atoms with van der Waals surface area (Å²) in [7, 11) is 1.60. The van der Waals surface area contributed by atoms with Gasteiger partial charge in [-0.15, -0.1) is 11.3 Å². The summed E-state index contributed by atoms with van der Waals surface area (Å²) in [5.74, 6) is -0.226. The lowest BCUT2D eigenvalue weighted by Crippen LogP contribution is -2.48. The van der Waals surface area contributed by atoms with Crippen LogP contribution in [0, 0.1) is 0 Å². The minimum Gasteiger partial charge on any atom is -0.355 e. The third kappa shape index (κ3) is 2.86. The van der Waals surface area contributed by atoms with E-state index >= 15 is 0 Å². The van der Waals surface area contributed by atoms with Crippen LogP contribution in [0.2, 0.25) is 0 Å². The van der Waals surface area contributed by atoms with Gasteiger partial charge in [-0.3, -0.25) is 14.7 Å². The van der Waals surface area contributed by atoms with E-state index in [0.29, 0.717) is 24.3 Å². The largest absolute Gasteiger partial charge is 0.355 e. The van der Waals surface area contributed by atoms with E-state index in [-0.39, 0.29) is 17.2 Å². The predicted octanol–water partition coefficient (Wildman–Crippen LogP) is 1.42. The first-order valence-corrected chi connectivity index (χ1v) is 8.43. The van der Waals surface area contributed by atoms with Crippen LogP contribution >= 0.6 is 11.3 Å². The molecule has 2 amide bonds. The molecule has 23 heavy (non-hydrogen) atoms. The second-order valence-electron chi connectivity index (χ2n) is 6.00. The fourth-order valence-electron chi connectivity index (χ4n) is 3.15. The summed E-state index contributed by atoms with van der Waals surface area (Å²) in [5.41, 5.74) is 3.14. The standard InChI is InChI=1S/C15H19N5O2S/c1-15(12-10(6-18-19-12)13(21)16-2)4-3-5-20(8-15)14(22)11-7-23-9-17-11/h6-7,9H,3-5,8H2,1-2H3,(H,16,21)(H,18,19). The lowest BCUT2D eigenvalue weighted by atomic mass is 9.77. The number of hydrogen-bond acceptors (Lipinski definition) is 5. The second-order valence-corrected chi connectivity index (χ2v) is 6.72. The average Bonchev–Trinajstić information content (AvgIpc) is 3.24. The number of carbonyl (C=O) groups excluding carboxylic acids is 2. The lowest BCUT2D eigenvalue weighted by Gasteiger charge is -2.40. The van der Waals surface area contributed by atoms with Crippen LogP contribution in [-0.4, -0.2) is 52.0 Å². The molecule has 8 heteroatoms. The lowest BCUT2D eigenvalue weighted by molar-refractivity contribution is 0.0642. The summed E-state index contributed by atoms with van der Waals surface area (Å²) in [4.78, 5) is 30.5. The normalized spacial score (nSPS) is 21.2.